The Balaban J connectivity index is 0.00000242. The highest BCUT2D eigenvalue weighted by Gasteiger charge is 2.17. The van der Waals surface area contributed by atoms with Crippen LogP contribution in [0.1, 0.15) is 27.4 Å². The molecule has 0 aromatic carbocycles. The molecule has 1 aromatic rings. The molecule has 1 fully saturated rings. The van der Waals surface area contributed by atoms with E-state index in [2.05, 4.69) is 15.4 Å². The highest BCUT2D eigenvalue weighted by atomic mass is 35.5. The maximum atomic E-state index is 12.1. The topological polar surface area (TPSA) is 87.3 Å². The lowest BCUT2D eigenvalue weighted by atomic mass is 10.1. The Labute approximate surface area is 141 Å². The van der Waals surface area contributed by atoms with Gasteiger partial charge in [-0.1, -0.05) is 0 Å². The Hall–Kier alpha value is -0.670. The van der Waals surface area contributed by atoms with Crippen LogP contribution in [0.2, 0.25) is 0 Å². The summed E-state index contributed by atoms with van der Waals surface area (Å²) in [7, 11) is -3.15. The summed E-state index contributed by atoms with van der Waals surface area (Å²) in [6.45, 7) is 2.19. The fourth-order valence-electron chi connectivity index (χ4n) is 2.23. The third kappa shape index (κ3) is 6.62. The van der Waals surface area contributed by atoms with Crippen LogP contribution in [0.3, 0.4) is 0 Å². The number of carbonyl (C=O) groups excluding carboxylic acids is 1. The van der Waals surface area contributed by atoms with Gasteiger partial charge in [-0.3, -0.25) is 4.79 Å². The maximum absolute atomic E-state index is 12.1. The summed E-state index contributed by atoms with van der Waals surface area (Å²) >= 11 is 1.41. The van der Waals surface area contributed by atoms with E-state index in [0.29, 0.717) is 17.8 Å². The molecule has 1 saturated heterocycles. The molecular weight excluding hydrogens is 346 g/mol. The number of carbonyl (C=O) groups is 1. The van der Waals surface area contributed by atoms with Gasteiger partial charge in [0.15, 0.2) is 0 Å². The molecule has 1 amide bonds. The van der Waals surface area contributed by atoms with E-state index in [-0.39, 0.29) is 24.4 Å². The van der Waals surface area contributed by atoms with Crippen molar-refractivity contribution in [2.45, 2.75) is 25.3 Å². The molecule has 0 bridgehead atoms. The van der Waals surface area contributed by atoms with Crippen molar-refractivity contribution in [3.63, 3.8) is 0 Å². The molecule has 0 aliphatic carbocycles. The van der Waals surface area contributed by atoms with Crippen LogP contribution < -0.4 is 15.4 Å². The highest BCUT2D eigenvalue weighted by molar-refractivity contribution is 7.88. The lowest BCUT2D eigenvalue weighted by Gasteiger charge is -2.23. The van der Waals surface area contributed by atoms with Crippen LogP contribution in [-0.2, 0) is 16.4 Å². The molecule has 1 aliphatic heterocycles. The van der Waals surface area contributed by atoms with Gasteiger partial charge in [0, 0.05) is 24.0 Å². The zero-order chi connectivity index (χ0) is 15.3. The molecule has 9 heteroatoms. The summed E-state index contributed by atoms with van der Waals surface area (Å²) in [5, 5.41) is 6.29. The van der Waals surface area contributed by atoms with Crippen molar-refractivity contribution in [2.24, 2.45) is 0 Å². The fourth-order valence-corrected chi connectivity index (χ4v) is 3.61. The monoisotopic (exact) mass is 367 g/mol. The van der Waals surface area contributed by atoms with Crippen LogP contribution >= 0.6 is 23.7 Å². The Bertz CT molecular complexity index is 583. The van der Waals surface area contributed by atoms with Gasteiger partial charge >= 0.3 is 0 Å². The quantitative estimate of drug-likeness (QED) is 0.692. The molecule has 22 heavy (non-hydrogen) atoms. The van der Waals surface area contributed by atoms with Gasteiger partial charge in [0.1, 0.15) is 0 Å². The smallest absolute Gasteiger partial charge is 0.261 e. The van der Waals surface area contributed by atoms with Crippen molar-refractivity contribution >= 4 is 39.7 Å². The Morgan fingerprint density at radius 1 is 1.45 bits per heavy atom. The van der Waals surface area contributed by atoms with Gasteiger partial charge in [-0.25, -0.2) is 13.1 Å². The number of thiophene rings is 1. The Morgan fingerprint density at radius 2 is 2.23 bits per heavy atom. The molecule has 3 N–H and O–H groups in total. The average molecular weight is 368 g/mol. The van der Waals surface area contributed by atoms with E-state index in [1.54, 1.807) is 6.07 Å². The number of rotatable bonds is 6. The average Bonchev–Trinajstić information content (AvgIpc) is 2.87. The largest absolute Gasteiger partial charge is 0.347 e. The van der Waals surface area contributed by atoms with Crippen LogP contribution in [0, 0.1) is 0 Å². The second kappa shape index (κ2) is 8.83. The van der Waals surface area contributed by atoms with E-state index in [9.17, 15) is 13.2 Å². The van der Waals surface area contributed by atoms with Crippen LogP contribution in [0.5, 0.6) is 0 Å². The molecule has 2 rings (SSSR count). The molecule has 1 aromatic heterocycles. The minimum absolute atomic E-state index is 0. The van der Waals surface area contributed by atoms with E-state index in [1.165, 1.54) is 11.3 Å². The molecule has 1 atom stereocenters. The van der Waals surface area contributed by atoms with Gasteiger partial charge < -0.3 is 10.6 Å². The summed E-state index contributed by atoms with van der Waals surface area (Å²) in [6.07, 6.45) is 3.82. The van der Waals surface area contributed by atoms with E-state index in [1.807, 2.05) is 6.07 Å². The minimum Gasteiger partial charge on any atom is -0.347 e. The zero-order valence-corrected chi connectivity index (χ0v) is 14.9. The summed E-state index contributed by atoms with van der Waals surface area (Å²) in [6, 6.07) is 3.87. The summed E-state index contributed by atoms with van der Waals surface area (Å²) < 4.78 is 24.4. The summed E-state index contributed by atoms with van der Waals surface area (Å²) in [5.41, 5.74) is 0. The Kier molecular flexibility index (Phi) is 7.78. The molecule has 6 nitrogen and oxygen atoms in total. The van der Waals surface area contributed by atoms with Gasteiger partial charge in [-0.15, -0.1) is 23.7 Å². The van der Waals surface area contributed by atoms with Gasteiger partial charge in [0.05, 0.1) is 11.1 Å². The van der Waals surface area contributed by atoms with E-state index in [0.717, 1.165) is 37.1 Å². The number of piperidine rings is 1. The Morgan fingerprint density at radius 3 is 2.86 bits per heavy atom. The van der Waals surface area contributed by atoms with Crippen molar-refractivity contribution in [2.75, 3.05) is 25.9 Å². The predicted molar refractivity (Wildman–Crippen MR) is 91.5 cm³/mol. The fraction of sp³-hybridized carbons (Fsp3) is 0.615. The molecular formula is C13H22ClN3O3S2. The minimum atomic E-state index is -3.15. The number of hydrogen-bond donors (Lipinski definition) is 3. The van der Waals surface area contributed by atoms with Crippen LogP contribution in [0.25, 0.3) is 0 Å². The molecule has 1 aliphatic rings. The first-order valence-corrected chi connectivity index (χ1v) is 9.70. The second-order valence-electron chi connectivity index (χ2n) is 5.20. The standard InChI is InChI=1S/C13H21N3O3S2.ClH/c1-21(18,19)15-8-6-11-4-5-12(20-11)13(17)16-10-3-2-7-14-9-10;/h4-5,10,14-15H,2-3,6-9H2,1H3,(H,16,17);1H/t10-;/m0./s1. The number of nitrogens with one attached hydrogen (secondary N) is 3. The number of amides is 1. The first-order valence-electron chi connectivity index (χ1n) is 6.99. The molecule has 0 spiro atoms. The van der Waals surface area contributed by atoms with Crippen molar-refractivity contribution in [3.8, 4) is 0 Å². The number of halogens is 1. The molecule has 0 unspecified atom stereocenters. The van der Waals surface area contributed by atoms with Crippen molar-refractivity contribution in [1.82, 2.24) is 15.4 Å². The molecule has 0 saturated carbocycles. The molecule has 126 valence electrons. The maximum Gasteiger partial charge on any atom is 0.261 e. The molecule has 2 heterocycles. The lowest BCUT2D eigenvalue weighted by molar-refractivity contribution is 0.0935. The number of hydrogen-bond acceptors (Lipinski definition) is 5. The van der Waals surface area contributed by atoms with Crippen molar-refractivity contribution < 1.29 is 13.2 Å². The predicted octanol–water partition coefficient (Wildman–Crippen LogP) is 0.743. The highest BCUT2D eigenvalue weighted by Crippen LogP contribution is 2.17. The van der Waals surface area contributed by atoms with Crippen LogP contribution in [0.4, 0.5) is 0 Å². The van der Waals surface area contributed by atoms with E-state index in [4.69, 9.17) is 0 Å². The van der Waals surface area contributed by atoms with Gasteiger partial charge in [-0.2, -0.15) is 0 Å². The number of sulfonamides is 1. The molecule has 0 radical (unpaired) electrons. The van der Waals surface area contributed by atoms with Crippen LogP contribution in [0.15, 0.2) is 12.1 Å². The third-order valence-corrected chi connectivity index (χ3v) is 5.13. The lowest BCUT2D eigenvalue weighted by Crippen LogP contribution is -2.45. The van der Waals surface area contributed by atoms with Crippen molar-refractivity contribution in [1.29, 1.82) is 0 Å². The zero-order valence-electron chi connectivity index (χ0n) is 12.4. The van der Waals surface area contributed by atoms with Gasteiger partial charge in [-0.05, 0) is 37.9 Å². The summed E-state index contributed by atoms with van der Waals surface area (Å²) in [5.74, 6) is -0.0453. The summed E-state index contributed by atoms with van der Waals surface area (Å²) in [4.78, 5) is 13.8. The van der Waals surface area contributed by atoms with Gasteiger partial charge in [0.25, 0.3) is 5.91 Å². The van der Waals surface area contributed by atoms with Crippen molar-refractivity contribution in [3.05, 3.63) is 21.9 Å². The normalized spacial score (nSPS) is 18.5. The van der Waals surface area contributed by atoms with E-state index >= 15 is 0 Å². The first-order chi connectivity index (χ1) is 9.94. The van der Waals surface area contributed by atoms with Crippen LogP contribution in [-0.4, -0.2) is 46.3 Å². The second-order valence-corrected chi connectivity index (χ2v) is 8.20. The SMILES string of the molecule is CS(=O)(=O)NCCc1ccc(C(=O)N[C@H]2CCCNC2)s1.Cl. The van der Waals surface area contributed by atoms with Gasteiger partial charge in [0.2, 0.25) is 10.0 Å². The van der Waals surface area contributed by atoms with E-state index < -0.39 is 10.0 Å². The first kappa shape index (κ1) is 19.4. The third-order valence-electron chi connectivity index (χ3n) is 3.25.